The van der Waals surface area contributed by atoms with Crippen LogP contribution in [0.1, 0.15) is 59.3 Å². The number of hydrogen-bond acceptors (Lipinski definition) is 2. The molecule has 2 N–H and O–H groups in total. The van der Waals surface area contributed by atoms with Crippen LogP contribution < -0.4 is 35.2 Å². The van der Waals surface area contributed by atoms with Gasteiger partial charge in [-0.25, -0.2) is 0 Å². The Labute approximate surface area is 118 Å². The molecule has 0 heterocycles. The van der Waals surface area contributed by atoms with E-state index >= 15 is 0 Å². The Kier molecular flexibility index (Phi) is 16.3. The first kappa shape index (κ1) is 22.2. The van der Waals surface area contributed by atoms with Gasteiger partial charge in [-0.15, -0.1) is 0 Å². The summed E-state index contributed by atoms with van der Waals surface area (Å²) in [5, 5.41) is 12.5. The highest BCUT2D eigenvalue weighted by atomic mass is 35.5. The van der Waals surface area contributed by atoms with Crippen LogP contribution in [0.25, 0.3) is 0 Å². The number of unbranched alkanes of at least 4 members (excludes halogenated alkanes) is 5. The first-order chi connectivity index (χ1) is 7.00. The molecule has 17 heavy (non-hydrogen) atoms. The van der Waals surface area contributed by atoms with Crippen molar-refractivity contribution in [1.82, 2.24) is 0 Å². The second-order valence-corrected chi connectivity index (χ2v) is 4.77. The number of carboxylic acid groups (broad SMARTS) is 1. The van der Waals surface area contributed by atoms with E-state index in [0.717, 1.165) is 13.0 Å². The number of hydrogen-bond donors (Lipinski definition) is 1. The number of carbonyl (C=O) groups excluding carboxylic acids is 1. The van der Waals surface area contributed by atoms with Crippen LogP contribution in [0.5, 0.6) is 0 Å². The quantitative estimate of drug-likeness (QED) is 0.430. The molecule has 0 aliphatic carbocycles. The van der Waals surface area contributed by atoms with Gasteiger partial charge in [-0.1, -0.05) is 32.6 Å². The Bertz CT molecular complexity index is 187. The number of carboxylic acids is 1. The maximum atomic E-state index is 10.7. The van der Waals surface area contributed by atoms with Crippen molar-refractivity contribution in [3.63, 3.8) is 0 Å². The number of quaternary nitrogens is 1. The third kappa shape index (κ3) is 12.3. The van der Waals surface area contributed by atoms with Crippen molar-refractivity contribution in [3.8, 4) is 0 Å². The minimum Gasteiger partial charge on any atom is -1.00 e. The van der Waals surface area contributed by atoms with Crippen LogP contribution in [0.4, 0.5) is 0 Å². The molecule has 0 unspecified atom stereocenters. The SMILES string of the molecule is CCCCCCCC[NH2+]C(C)(C)C(=O)[O-].[Cl-].[Cl-]. The molecule has 0 fully saturated rings. The molecule has 0 rings (SSSR count). The van der Waals surface area contributed by atoms with Crippen LogP contribution >= 0.6 is 0 Å². The van der Waals surface area contributed by atoms with Crippen LogP contribution in [-0.4, -0.2) is 18.1 Å². The van der Waals surface area contributed by atoms with Crippen molar-refractivity contribution in [3.05, 3.63) is 0 Å². The van der Waals surface area contributed by atoms with Crippen molar-refractivity contribution in [2.75, 3.05) is 6.54 Å². The van der Waals surface area contributed by atoms with E-state index in [0.29, 0.717) is 0 Å². The van der Waals surface area contributed by atoms with Gasteiger partial charge in [0.2, 0.25) is 0 Å². The third-order valence-electron chi connectivity index (χ3n) is 2.74. The number of nitrogens with two attached hydrogens (primary N) is 1. The second kappa shape index (κ2) is 12.5. The summed E-state index contributed by atoms with van der Waals surface area (Å²) in [6, 6.07) is 0. The number of carbonyl (C=O) groups is 1. The van der Waals surface area contributed by atoms with Crippen LogP contribution in [0.3, 0.4) is 0 Å². The molecule has 0 radical (unpaired) electrons. The van der Waals surface area contributed by atoms with E-state index in [9.17, 15) is 9.90 Å². The zero-order chi connectivity index (χ0) is 11.7. The van der Waals surface area contributed by atoms with E-state index in [2.05, 4.69) is 6.92 Å². The van der Waals surface area contributed by atoms with Crippen molar-refractivity contribution in [2.45, 2.75) is 64.8 Å². The maximum Gasteiger partial charge on any atom is 0.130 e. The molecule has 5 heteroatoms. The lowest BCUT2D eigenvalue weighted by Gasteiger charge is -2.23. The fourth-order valence-corrected chi connectivity index (χ4v) is 1.47. The van der Waals surface area contributed by atoms with Gasteiger partial charge in [0.15, 0.2) is 0 Å². The summed E-state index contributed by atoms with van der Waals surface area (Å²) in [5.41, 5.74) is -0.774. The standard InChI is InChI=1S/C12H25NO2.2ClH/c1-4-5-6-7-8-9-10-13-12(2,3)11(14)15;;/h13H,4-10H2,1-3H3,(H,14,15);2*1H/p-2. The number of aliphatic carboxylic acids is 1. The molecular formula is C12H25Cl2NO2-2. The average Bonchev–Trinajstić information content (AvgIpc) is 2.16. The molecular weight excluding hydrogens is 261 g/mol. The summed E-state index contributed by atoms with van der Waals surface area (Å²) >= 11 is 0. The molecule has 0 bridgehead atoms. The highest BCUT2D eigenvalue weighted by molar-refractivity contribution is 5.73. The monoisotopic (exact) mass is 285 g/mol. The van der Waals surface area contributed by atoms with E-state index in [1.165, 1.54) is 32.1 Å². The van der Waals surface area contributed by atoms with Crippen molar-refractivity contribution < 1.29 is 40.0 Å². The topological polar surface area (TPSA) is 56.7 Å². The molecule has 0 aromatic carbocycles. The van der Waals surface area contributed by atoms with Crippen molar-refractivity contribution >= 4 is 5.97 Å². The van der Waals surface area contributed by atoms with E-state index in [1.54, 1.807) is 13.8 Å². The molecule has 0 atom stereocenters. The minimum absolute atomic E-state index is 0. The first-order valence-electron chi connectivity index (χ1n) is 6.06. The molecule has 0 aromatic heterocycles. The summed E-state index contributed by atoms with van der Waals surface area (Å²) in [7, 11) is 0. The molecule has 0 amide bonds. The molecule has 0 aromatic rings. The predicted octanol–water partition coefficient (Wildman–Crippen LogP) is -5.55. The predicted molar refractivity (Wildman–Crippen MR) is 59.3 cm³/mol. The van der Waals surface area contributed by atoms with Gasteiger partial charge in [0.1, 0.15) is 11.5 Å². The summed E-state index contributed by atoms with van der Waals surface area (Å²) < 4.78 is 0. The molecule has 106 valence electrons. The van der Waals surface area contributed by atoms with Crippen LogP contribution in [-0.2, 0) is 4.79 Å². The largest absolute Gasteiger partial charge is 1.00 e. The second-order valence-electron chi connectivity index (χ2n) is 4.77. The normalized spacial score (nSPS) is 10.3. The Hall–Kier alpha value is 0.01000. The Morgan fingerprint density at radius 1 is 1.06 bits per heavy atom. The summed E-state index contributed by atoms with van der Waals surface area (Å²) in [6.45, 7) is 6.47. The van der Waals surface area contributed by atoms with Crippen molar-refractivity contribution in [1.29, 1.82) is 0 Å². The van der Waals surface area contributed by atoms with Gasteiger partial charge in [-0.2, -0.15) is 0 Å². The van der Waals surface area contributed by atoms with Gasteiger partial charge < -0.3 is 40.0 Å². The van der Waals surface area contributed by atoms with Crippen LogP contribution in [0, 0.1) is 0 Å². The van der Waals surface area contributed by atoms with E-state index in [4.69, 9.17) is 0 Å². The highest BCUT2D eigenvalue weighted by Gasteiger charge is 2.21. The van der Waals surface area contributed by atoms with Gasteiger partial charge >= 0.3 is 0 Å². The molecule has 0 aliphatic heterocycles. The molecule has 0 spiro atoms. The Morgan fingerprint density at radius 2 is 1.53 bits per heavy atom. The van der Waals surface area contributed by atoms with Gasteiger partial charge in [0.05, 0.1) is 6.54 Å². The summed E-state index contributed by atoms with van der Waals surface area (Å²) in [4.78, 5) is 10.7. The van der Waals surface area contributed by atoms with Gasteiger partial charge in [-0.05, 0) is 26.7 Å². The fraction of sp³-hybridized carbons (Fsp3) is 0.917. The maximum absolute atomic E-state index is 10.7. The van der Waals surface area contributed by atoms with E-state index < -0.39 is 11.5 Å². The van der Waals surface area contributed by atoms with Crippen LogP contribution in [0.2, 0.25) is 0 Å². The Balaban J connectivity index is -0.000000980. The molecule has 3 nitrogen and oxygen atoms in total. The molecule has 0 saturated heterocycles. The lowest BCUT2D eigenvalue weighted by atomic mass is 10.1. The van der Waals surface area contributed by atoms with Crippen LogP contribution in [0.15, 0.2) is 0 Å². The zero-order valence-electron chi connectivity index (χ0n) is 11.1. The first-order valence-corrected chi connectivity index (χ1v) is 6.06. The fourth-order valence-electron chi connectivity index (χ4n) is 1.47. The van der Waals surface area contributed by atoms with E-state index in [-0.39, 0.29) is 24.8 Å². The average molecular weight is 286 g/mol. The number of rotatable bonds is 9. The summed E-state index contributed by atoms with van der Waals surface area (Å²) in [5.74, 6) is -0.978. The highest BCUT2D eigenvalue weighted by Crippen LogP contribution is 2.03. The lowest BCUT2D eigenvalue weighted by molar-refractivity contribution is -0.713. The summed E-state index contributed by atoms with van der Waals surface area (Å²) in [6.07, 6.45) is 7.46. The third-order valence-corrected chi connectivity index (χ3v) is 2.74. The Morgan fingerprint density at radius 3 is 2.00 bits per heavy atom. The van der Waals surface area contributed by atoms with Crippen molar-refractivity contribution in [2.24, 2.45) is 0 Å². The number of halogens is 2. The van der Waals surface area contributed by atoms with Gasteiger partial charge in [0, 0.05) is 0 Å². The minimum atomic E-state index is -0.978. The van der Waals surface area contributed by atoms with Gasteiger partial charge in [0.25, 0.3) is 0 Å². The van der Waals surface area contributed by atoms with Gasteiger partial charge in [-0.3, -0.25) is 0 Å². The molecule has 0 saturated carbocycles. The van der Waals surface area contributed by atoms with E-state index in [1.807, 2.05) is 5.32 Å². The smallest absolute Gasteiger partial charge is 0.130 e. The lowest BCUT2D eigenvalue weighted by Crippen LogP contribution is -3.00. The molecule has 0 aliphatic rings. The zero-order valence-corrected chi connectivity index (χ0v) is 12.6.